The Morgan fingerprint density at radius 2 is 1.95 bits per heavy atom. The molecule has 1 heterocycles. The standard InChI is InChI=1S/C19H29NO2/c1-6-18(21)22-19(11-16(4)20(5)13-15(19)3)12-17-9-7-14(2)8-10-17/h7-10,15-16H,6,11-13H2,1-5H3/t15-,16+,19-/m0/s1. The molecule has 0 amide bonds. The van der Waals surface area contributed by atoms with Gasteiger partial charge in [0, 0.05) is 37.8 Å². The van der Waals surface area contributed by atoms with E-state index >= 15 is 0 Å². The number of benzene rings is 1. The maximum absolute atomic E-state index is 12.0. The van der Waals surface area contributed by atoms with Crippen molar-refractivity contribution in [1.29, 1.82) is 0 Å². The Hall–Kier alpha value is -1.35. The van der Waals surface area contributed by atoms with Crippen LogP contribution >= 0.6 is 0 Å². The number of carbonyl (C=O) groups excluding carboxylic acids is 1. The van der Waals surface area contributed by atoms with Crippen LogP contribution in [0.5, 0.6) is 0 Å². The van der Waals surface area contributed by atoms with E-state index in [4.69, 9.17) is 4.74 Å². The average molecular weight is 303 g/mol. The number of rotatable bonds is 4. The van der Waals surface area contributed by atoms with E-state index in [1.54, 1.807) is 0 Å². The molecule has 0 spiro atoms. The average Bonchev–Trinajstić information content (AvgIpc) is 2.47. The summed E-state index contributed by atoms with van der Waals surface area (Å²) in [5, 5.41) is 0. The Morgan fingerprint density at radius 3 is 2.55 bits per heavy atom. The van der Waals surface area contributed by atoms with Crippen LogP contribution in [0.1, 0.15) is 44.7 Å². The summed E-state index contributed by atoms with van der Waals surface area (Å²) in [5.41, 5.74) is 2.13. The van der Waals surface area contributed by atoms with Crippen molar-refractivity contribution in [3.63, 3.8) is 0 Å². The highest BCUT2D eigenvalue weighted by molar-refractivity contribution is 5.69. The lowest BCUT2D eigenvalue weighted by Crippen LogP contribution is -2.56. The maximum Gasteiger partial charge on any atom is 0.306 e. The summed E-state index contributed by atoms with van der Waals surface area (Å²) >= 11 is 0. The topological polar surface area (TPSA) is 29.5 Å². The van der Waals surface area contributed by atoms with Crippen molar-refractivity contribution in [2.24, 2.45) is 5.92 Å². The summed E-state index contributed by atoms with van der Waals surface area (Å²) in [4.78, 5) is 14.4. The SMILES string of the molecule is CCC(=O)O[C@]1(Cc2ccc(C)cc2)C[C@@H](C)N(C)C[C@@H]1C. The monoisotopic (exact) mass is 303 g/mol. The van der Waals surface area contributed by atoms with E-state index in [0.717, 1.165) is 19.4 Å². The molecule has 0 saturated carbocycles. The first-order valence-corrected chi connectivity index (χ1v) is 8.34. The third-order valence-corrected chi connectivity index (χ3v) is 5.08. The van der Waals surface area contributed by atoms with Crippen LogP contribution in [0.4, 0.5) is 0 Å². The van der Waals surface area contributed by atoms with Crippen LogP contribution in [0.25, 0.3) is 0 Å². The van der Waals surface area contributed by atoms with E-state index < -0.39 is 0 Å². The molecule has 2 rings (SSSR count). The molecule has 0 aliphatic carbocycles. The number of piperidine rings is 1. The number of aryl methyl sites for hydroxylation is 1. The lowest BCUT2D eigenvalue weighted by molar-refractivity contribution is -0.174. The zero-order valence-electron chi connectivity index (χ0n) is 14.6. The van der Waals surface area contributed by atoms with Crippen LogP contribution in [-0.2, 0) is 16.0 Å². The normalized spacial score (nSPS) is 29.3. The molecule has 3 nitrogen and oxygen atoms in total. The molecule has 1 aromatic carbocycles. The van der Waals surface area contributed by atoms with Gasteiger partial charge in [0.15, 0.2) is 0 Å². The van der Waals surface area contributed by atoms with Gasteiger partial charge < -0.3 is 9.64 Å². The zero-order valence-corrected chi connectivity index (χ0v) is 14.6. The predicted molar refractivity (Wildman–Crippen MR) is 89.9 cm³/mol. The van der Waals surface area contributed by atoms with Gasteiger partial charge in [-0.1, -0.05) is 43.7 Å². The minimum absolute atomic E-state index is 0.0873. The van der Waals surface area contributed by atoms with Gasteiger partial charge in [0.25, 0.3) is 0 Å². The molecule has 0 unspecified atom stereocenters. The molecule has 0 aromatic heterocycles. The van der Waals surface area contributed by atoms with Gasteiger partial charge in [-0.3, -0.25) is 4.79 Å². The number of hydrogen-bond donors (Lipinski definition) is 0. The summed E-state index contributed by atoms with van der Waals surface area (Å²) in [7, 11) is 2.15. The number of likely N-dealkylation sites (tertiary alicyclic amines) is 1. The zero-order chi connectivity index (χ0) is 16.3. The van der Waals surface area contributed by atoms with Crippen LogP contribution in [0, 0.1) is 12.8 Å². The molecule has 3 atom stereocenters. The Labute approximate surface area is 134 Å². The highest BCUT2D eigenvalue weighted by Crippen LogP contribution is 2.37. The van der Waals surface area contributed by atoms with E-state index in [2.05, 4.69) is 57.0 Å². The van der Waals surface area contributed by atoms with E-state index in [1.165, 1.54) is 11.1 Å². The van der Waals surface area contributed by atoms with Crippen LogP contribution in [0.3, 0.4) is 0 Å². The van der Waals surface area contributed by atoms with Crippen LogP contribution in [0.2, 0.25) is 0 Å². The van der Waals surface area contributed by atoms with Crippen LogP contribution in [-0.4, -0.2) is 36.1 Å². The molecule has 122 valence electrons. The molecule has 1 aromatic rings. The fourth-order valence-electron chi connectivity index (χ4n) is 3.41. The maximum atomic E-state index is 12.0. The first-order chi connectivity index (χ1) is 10.4. The van der Waals surface area contributed by atoms with Gasteiger partial charge in [0.2, 0.25) is 0 Å². The summed E-state index contributed by atoms with van der Waals surface area (Å²) in [6.45, 7) is 9.35. The molecule has 22 heavy (non-hydrogen) atoms. The van der Waals surface area contributed by atoms with E-state index in [9.17, 15) is 4.79 Å². The Bertz CT molecular complexity index is 511. The predicted octanol–water partition coefficient (Wildman–Crippen LogP) is 3.59. The summed E-state index contributed by atoms with van der Waals surface area (Å²) in [6, 6.07) is 9.01. The summed E-state index contributed by atoms with van der Waals surface area (Å²) in [5.74, 6) is 0.237. The van der Waals surface area contributed by atoms with E-state index in [-0.39, 0.29) is 11.6 Å². The van der Waals surface area contributed by atoms with Crippen molar-refractivity contribution in [2.75, 3.05) is 13.6 Å². The van der Waals surface area contributed by atoms with Gasteiger partial charge in [0.05, 0.1) is 0 Å². The molecular weight excluding hydrogens is 274 g/mol. The van der Waals surface area contributed by atoms with Crippen molar-refractivity contribution in [3.05, 3.63) is 35.4 Å². The fraction of sp³-hybridized carbons (Fsp3) is 0.632. The summed E-state index contributed by atoms with van der Waals surface area (Å²) < 4.78 is 6.03. The fourth-order valence-corrected chi connectivity index (χ4v) is 3.41. The van der Waals surface area contributed by atoms with Crippen molar-refractivity contribution in [1.82, 2.24) is 4.90 Å². The molecule has 1 saturated heterocycles. The largest absolute Gasteiger partial charge is 0.458 e. The second-order valence-electron chi connectivity index (χ2n) is 6.95. The Balaban J connectivity index is 2.28. The molecule has 0 radical (unpaired) electrons. The highest BCUT2D eigenvalue weighted by Gasteiger charge is 2.45. The van der Waals surface area contributed by atoms with Crippen molar-refractivity contribution in [2.45, 2.75) is 58.6 Å². The molecule has 1 aliphatic rings. The number of nitrogens with zero attached hydrogens (tertiary/aromatic N) is 1. The molecule has 1 aliphatic heterocycles. The van der Waals surface area contributed by atoms with E-state index in [1.807, 2.05) is 6.92 Å². The van der Waals surface area contributed by atoms with Crippen molar-refractivity contribution < 1.29 is 9.53 Å². The van der Waals surface area contributed by atoms with Crippen molar-refractivity contribution in [3.8, 4) is 0 Å². The first kappa shape index (κ1) is 17.0. The minimum atomic E-state index is -0.381. The lowest BCUT2D eigenvalue weighted by Gasteiger charge is -2.48. The second-order valence-corrected chi connectivity index (χ2v) is 6.95. The van der Waals surface area contributed by atoms with Gasteiger partial charge in [-0.25, -0.2) is 0 Å². The van der Waals surface area contributed by atoms with Crippen LogP contribution < -0.4 is 0 Å². The van der Waals surface area contributed by atoms with Gasteiger partial charge in [-0.05, 0) is 26.5 Å². The highest BCUT2D eigenvalue weighted by atomic mass is 16.6. The number of esters is 1. The van der Waals surface area contributed by atoms with Gasteiger partial charge in [-0.15, -0.1) is 0 Å². The van der Waals surface area contributed by atoms with Crippen LogP contribution in [0.15, 0.2) is 24.3 Å². The first-order valence-electron chi connectivity index (χ1n) is 8.34. The molecule has 0 bridgehead atoms. The quantitative estimate of drug-likeness (QED) is 0.796. The number of carbonyl (C=O) groups is 1. The number of ether oxygens (including phenoxy) is 1. The van der Waals surface area contributed by atoms with E-state index in [0.29, 0.717) is 18.4 Å². The lowest BCUT2D eigenvalue weighted by atomic mass is 9.75. The van der Waals surface area contributed by atoms with Gasteiger partial charge in [-0.2, -0.15) is 0 Å². The molecule has 0 N–H and O–H groups in total. The number of hydrogen-bond acceptors (Lipinski definition) is 3. The smallest absolute Gasteiger partial charge is 0.306 e. The summed E-state index contributed by atoms with van der Waals surface area (Å²) in [6.07, 6.45) is 2.13. The Morgan fingerprint density at radius 1 is 1.32 bits per heavy atom. The third kappa shape index (κ3) is 3.70. The van der Waals surface area contributed by atoms with Crippen molar-refractivity contribution >= 4 is 5.97 Å². The molecule has 1 fully saturated rings. The van der Waals surface area contributed by atoms with Gasteiger partial charge >= 0.3 is 5.97 Å². The minimum Gasteiger partial charge on any atom is -0.458 e. The third-order valence-electron chi connectivity index (χ3n) is 5.08. The second kappa shape index (κ2) is 6.82. The Kier molecular flexibility index (Phi) is 5.28. The van der Waals surface area contributed by atoms with Gasteiger partial charge in [0.1, 0.15) is 5.60 Å². The molecule has 3 heteroatoms. The molecular formula is C19H29NO2.